The van der Waals surface area contributed by atoms with Crippen LogP contribution in [0.2, 0.25) is 0 Å². The molecule has 0 aliphatic carbocycles. The lowest BCUT2D eigenvalue weighted by Crippen LogP contribution is -2.52. The fourth-order valence-corrected chi connectivity index (χ4v) is 4.72. The van der Waals surface area contributed by atoms with E-state index in [1.807, 2.05) is 30.0 Å². The van der Waals surface area contributed by atoms with Crippen molar-refractivity contribution in [2.75, 3.05) is 57.7 Å². The molecule has 0 spiro atoms. The van der Waals surface area contributed by atoms with Crippen molar-refractivity contribution in [3.63, 3.8) is 0 Å². The molecule has 2 amide bonds. The van der Waals surface area contributed by atoms with E-state index < -0.39 is 0 Å². The van der Waals surface area contributed by atoms with Crippen molar-refractivity contribution in [2.45, 2.75) is 27.2 Å². The van der Waals surface area contributed by atoms with Gasteiger partial charge in [0.25, 0.3) is 0 Å². The number of aryl methyl sites for hydroxylation is 1. The summed E-state index contributed by atoms with van der Waals surface area (Å²) in [6.07, 6.45) is 1.21. The highest BCUT2D eigenvalue weighted by Crippen LogP contribution is 2.22. The Morgan fingerprint density at radius 3 is 2.21 bits per heavy atom. The van der Waals surface area contributed by atoms with Crippen LogP contribution in [0.25, 0.3) is 0 Å². The molecule has 6 nitrogen and oxygen atoms in total. The van der Waals surface area contributed by atoms with Crippen molar-refractivity contribution in [1.29, 1.82) is 0 Å². The molecule has 160 valence electrons. The van der Waals surface area contributed by atoms with Gasteiger partial charge < -0.3 is 10.2 Å². The van der Waals surface area contributed by atoms with Crippen molar-refractivity contribution in [3.05, 3.63) is 28.2 Å². The number of nitrogens with one attached hydrogen (secondary N) is 1. The molecule has 0 bridgehead atoms. The fraction of sp³-hybridized carbons (Fsp3) is 0.636. The topological polar surface area (TPSA) is 55.9 Å². The molecule has 1 aromatic rings. The zero-order valence-electron chi connectivity index (χ0n) is 17.8. The van der Waals surface area contributed by atoms with E-state index in [4.69, 9.17) is 0 Å². The molecule has 29 heavy (non-hydrogen) atoms. The molecule has 2 heterocycles. The molecule has 2 saturated heterocycles. The van der Waals surface area contributed by atoms with E-state index in [1.54, 1.807) is 0 Å². The molecule has 2 fully saturated rings. The minimum absolute atomic E-state index is 0.00145. The largest absolute Gasteiger partial charge is 0.341 e. The second kappa shape index (κ2) is 10.0. The van der Waals surface area contributed by atoms with Gasteiger partial charge in [0.05, 0.1) is 13.1 Å². The summed E-state index contributed by atoms with van der Waals surface area (Å²) in [7, 11) is 0. The van der Waals surface area contributed by atoms with E-state index in [1.165, 1.54) is 6.42 Å². The van der Waals surface area contributed by atoms with Crippen molar-refractivity contribution in [2.24, 2.45) is 11.8 Å². The molecule has 2 unspecified atom stereocenters. The predicted molar refractivity (Wildman–Crippen MR) is 120 cm³/mol. The first-order valence-corrected chi connectivity index (χ1v) is 11.4. The lowest BCUT2D eigenvalue weighted by atomic mass is 9.92. The molecule has 0 aromatic heterocycles. The van der Waals surface area contributed by atoms with Gasteiger partial charge in [-0.15, -0.1) is 0 Å². The number of amides is 2. The van der Waals surface area contributed by atoms with Gasteiger partial charge in [0.1, 0.15) is 0 Å². The number of piperazine rings is 1. The fourth-order valence-electron chi connectivity index (χ4n) is 4.34. The number of carbonyl (C=O) groups is 2. The third kappa shape index (κ3) is 6.52. The van der Waals surface area contributed by atoms with E-state index in [-0.39, 0.29) is 11.8 Å². The SMILES string of the molecule is Cc1ccc(NC(=O)CN2CCN(CC(=O)N3CC(C)CC(C)C3)CC2)cc1Br. The minimum atomic E-state index is 0.00145. The molecule has 3 rings (SSSR count). The Bertz CT molecular complexity index is 724. The van der Waals surface area contributed by atoms with E-state index in [2.05, 4.69) is 44.9 Å². The van der Waals surface area contributed by atoms with Crippen molar-refractivity contribution >= 4 is 33.4 Å². The van der Waals surface area contributed by atoms with Crippen molar-refractivity contribution in [3.8, 4) is 0 Å². The molecule has 0 saturated carbocycles. The summed E-state index contributed by atoms with van der Waals surface area (Å²) in [5.74, 6) is 1.43. The molecular formula is C22H33BrN4O2. The van der Waals surface area contributed by atoms with Crippen LogP contribution >= 0.6 is 15.9 Å². The Hall–Kier alpha value is -1.44. The van der Waals surface area contributed by atoms with Crippen LogP contribution in [0.5, 0.6) is 0 Å². The second-order valence-corrected chi connectivity index (χ2v) is 9.66. The summed E-state index contributed by atoms with van der Waals surface area (Å²) < 4.78 is 0.992. The van der Waals surface area contributed by atoms with Gasteiger partial charge in [0, 0.05) is 49.4 Å². The number of rotatable bonds is 5. The van der Waals surface area contributed by atoms with Crippen LogP contribution in [0, 0.1) is 18.8 Å². The Kier molecular flexibility index (Phi) is 7.71. The summed E-state index contributed by atoms with van der Waals surface area (Å²) in [4.78, 5) is 31.5. The lowest BCUT2D eigenvalue weighted by molar-refractivity contribution is -0.135. The van der Waals surface area contributed by atoms with E-state index in [0.717, 1.165) is 55.0 Å². The highest BCUT2D eigenvalue weighted by molar-refractivity contribution is 9.10. The van der Waals surface area contributed by atoms with Gasteiger partial charge in [-0.3, -0.25) is 19.4 Å². The van der Waals surface area contributed by atoms with Gasteiger partial charge in [-0.2, -0.15) is 0 Å². The molecule has 2 aliphatic heterocycles. The highest BCUT2D eigenvalue weighted by Gasteiger charge is 2.27. The van der Waals surface area contributed by atoms with Gasteiger partial charge >= 0.3 is 0 Å². The maximum atomic E-state index is 12.7. The smallest absolute Gasteiger partial charge is 0.238 e. The van der Waals surface area contributed by atoms with Crippen molar-refractivity contribution < 1.29 is 9.59 Å². The van der Waals surface area contributed by atoms with Gasteiger partial charge in [0.15, 0.2) is 0 Å². The Labute approximate surface area is 182 Å². The monoisotopic (exact) mass is 464 g/mol. The van der Waals surface area contributed by atoms with Crippen molar-refractivity contribution in [1.82, 2.24) is 14.7 Å². The van der Waals surface area contributed by atoms with Crippen LogP contribution in [0.4, 0.5) is 5.69 Å². The summed E-state index contributed by atoms with van der Waals surface area (Å²) in [6, 6.07) is 5.84. The Morgan fingerprint density at radius 1 is 1.03 bits per heavy atom. The first-order chi connectivity index (χ1) is 13.8. The van der Waals surface area contributed by atoms with Crippen LogP contribution in [-0.2, 0) is 9.59 Å². The van der Waals surface area contributed by atoms with Crippen LogP contribution < -0.4 is 5.32 Å². The lowest BCUT2D eigenvalue weighted by Gasteiger charge is -2.38. The average Bonchev–Trinajstić information content (AvgIpc) is 2.65. The Balaban J connectivity index is 1.40. The third-order valence-corrected chi connectivity index (χ3v) is 6.72. The quantitative estimate of drug-likeness (QED) is 0.727. The highest BCUT2D eigenvalue weighted by atomic mass is 79.9. The molecule has 1 aromatic carbocycles. The molecule has 2 aliphatic rings. The summed E-state index contributed by atoms with van der Waals surface area (Å²) in [6.45, 7) is 12.4. The van der Waals surface area contributed by atoms with E-state index >= 15 is 0 Å². The number of nitrogens with zero attached hydrogens (tertiary/aromatic N) is 3. The van der Waals surface area contributed by atoms with Gasteiger partial charge in [-0.05, 0) is 42.9 Å². The second-order valence-electron chi connectivity index (χ2n) is 8.81. The number of piperidine rings is 1. The minimum Gasteiger partial charge on any atom is -0.341 e. The van der Waals surface area contributed by atoms with Crippen LogP contribution in [0.15, 0.2) is 22.7 Å². The van der Waals surface area contributed by atoms with Gasteiger partial charge in [-0.1, -0.05) is 35.8 Å². The number of likely N-dealkylation sites (tertiary alicyclic amines) is 1. The molecular weight excluding hydrogens is 432 g/mol. The van der Waals surface area contributed by atoms with Crippen LogP contribution in [-0.4, -0.2) is 78.9 Å². The number of hydrogen-bond acceptors (Lipinski definition) is 4. The number of carbonyl (C=O) groups excluding carboxylic acids is 2. The average molecular weight is 465 g/mol. The van der Waals surface area contributed by atoms with Crippen LogP contribution in [0.3, 0.4) is 0 Å². The summed E-state index contributed by atoms with van der Waals surface area (Å²) in [5, 5.41) is 2.97. The Morgan fingerprint density at radius 2 is 1.62 bits per heavy atom. The number of anilines is 1. The molecule has 0 radical (unpaired) electrons. The third-order valence-electron chi connectivity index (χ3n) is 5.87. The number of halogens is 1. The summed E-state index contributed by atoms with van der Waals surface area (Å²) in [5.41, 5.74) is 1.95. The maximum absolute atomic E-state index is 12.7. The first kappa shape index (κ1) is 22.2. The normalized spacial score (nSPS) is 23.8. The zero-order chi connectivity index (χ0) is 21.0. The maximum Gasteiger partial charge on any atom is 0.238 e. The molecule has 1 N–H and O–H groups in total. The van der Waals surface area contributed by atoms with Crippen LogP contribution in [0.1, 0.15) is 25.8 Å². The predicted octanol–water partition coefficient (Wildman–Crippen LogP) is 2.82. The molecule has 7 heteroatoms. The summed E-state index contributed by atoms with van der Waals surface area (Å²) >= 11 is 3.50. The standard InChI is InChI=1S/C22H33BrN4O2/c1-16-10-17(2)13-27(12-16)22(29)15-26-8-6-25(7-9-26)14-21(28)24-19-5-4-18(3)20(23)11-19/h4-5,11,16-17H,6-10,12-15H2,1-3H3,(H,24,28). The van der Waals surface area contributed by atoms with E-state index in [9.17, 15) is 9.59 Å². The zero-order valence-corrected chi connectivity index (χ0v) is 19.4. The van der Waals surface area contributed by atoms with E-state index in [0.29, 0.717) is 24.9 Å². The first-order valence-electron chi connectivity index (χ1n) is 10.6. The van der Waals surface area contributed by atoms with Gasteiger partial charge in [-0.25, -0.2) is 0 Å². The molecule has 2 atom stereocenters. The number of hydrogen-bond donors (Lipinski definition) is 1. The number of benzene rings is 1. The van der Waals surface area contributed by atoms with Gasteiger partial charge in [0.2, 0.25) is 11.8 Å².